The van der Waals surface area contributed by atoms with Crippen molar-refractivity contribution in [3.8, 4) is 44.5 Å². The third-order valence-electron chi connectivity index (χ3n) is 13.5. The van der Waals surface area contributed by atoms with Crippen molar-refractivity contribution in [3.05, 3.63) is 222 Å². The lowest BCUT2D eigenvalue weighted by Gasteiger charge is -2.30. The highest BCUT2D eigenvalue weighted by Crippen LogP contribution is 2.63. The van der Waals surface area contributed by atoms with Gasteiger partial charge >= 0.3 is 0 Å². The Labute approximate surface area is 343 Å². The van der Waals surface area contributed by atoms with Crippen molar-refractivity contribution in [1.82, 2.24) is 0 Å². The maximum absolute atomic E-state index is 2.49. The molecule has 0 atom stereocenters. The van der Waals surface area contributed by atoms with Gasteiger partial charge in [-0.15, -0.1) is 11.3 Å². The van der Waals surface area contributed by atoms with E-state index in [0.717, 1.165) is 7.28 Å². The van der Waals surface area contributed by atoms with Gasteiger partial charge in [-0.25, -0.2) is 0 Å². The molecule has 0 fully saturated rings. The predicted molar refractivity (Wildman–Crippen MR) is 250 cm³/mol. The molecule has 3 heteroatoms. The van der Waals surface area contributed by atoms with E-state index in [1.807, 2.05) is 11.3 Å². The summed E-state index contributed by atoms with van der Waals surface area (Å²) in [5.41, 5.74) is 22.6. The molecule has 1 aliphatic heterocycles. The first-order chi connectivity index (χ1) is 28.7. The van der Waals surface area contributed by atoms with E-state index in [9.17, 15) is 0 Å². The fraction of sp³-hybridized carbons (Fsp3) is 0.0182. The lowest BCUT2D eigenvalue weighted by Crippen LogP contribution is -2.52. The minimum Gasteiger partial charge on any atom is -0.135 e. The maximum atomic E-state index is 2.49. The lowest BCUT2D eigenvalue weighted by atomic mass is 9.36. The number of rotatable bonds is 4. The van der Waals surface area contributed by atoms with Crippen molar-refractivity contribution in [2.24, 2.45) is 0 Å². The van der Waals surface area contributed by atoms with Crippen molar-refractivity contribution < 1.29 is 0 Å². The molecule has 266 valence electrons. The maximum Gasteiger partial charge on any atom is 0.241 e. The Bertz CT molecular complexity index is 3270. The van der Waals surface area contributed by atoms with E-state index in [1.54, 1.807) is 0 Å². The van der Waals surface area contributed by atoms with Crippen molar-refractivity contribution in [2.75, 3.05) is 0 Å². The van der Waals surface area contributed by atoms with Crippen LogP contribution in [-0.4, -0.2) is 14.0 Å². The highest BCUT2D eigenvalue weighted by Gasteiger charge is 2.51. The summed E-state index contributed by atoms with van der Waals surface area (Å²) in [4.78, 5) is 0. The number of fused-ring (bicyclic) bond motifs is 16. The van der Waals surface area contributed by atoms with Gasteiger partial charge in [0.1, 0.15) is 0 Å². The van der Waals surface area contributed by atoms with Crippen LogP contribution in [0, 0.1) is 0 Å². The summed E-state index contributed by atoms with van der Waals surface area (Å²) in [6.07, 6.45) is 0. The van der Waals surface area contributed by atoms with Gasteiger partial charge in [-0.3, -0.25) is 0 Å². The average Bonchev–Trinajstić information content (AvgIpc) is 4.01. The molecule has 58 heavy (non-hydrogen) atoms. The molecule has 2 aliphatic carbocycles. The fourth-order valence-corrected chi connectivity index (χ4v) is 12.1. The Morgan fingerprint density at radius 2 is 0.862 bits per heavy atom. The molecule has 0 saturated heterocycles. The molecular formula is C55H34B2S. The minimum absolute atomic E-state index is 0.0990. The Morgan fingerprint density at radius 3 is 1.60 bits per heavy atom. The molecule has 0 N–H and O–H groups in total. The summed E-state index contributed by atoms with van der Waals surface area (Å²) >= 11 is 1.90. The minimum atomic E-state index is -0.349. The summed E-state index contributed by atoms with van der Waals surface area (Å²) < 4.78 is 2.69. The van der Waals surface area contributed by atoms with Crippen LogP contribution in [0.25, 0.3) is 64.7 Å². The zero-order valence-electron chi connectivity index (χ0n) is 31.7. The van der Waals surface area contributed by atoms with Crippen LogP contribution < -0.4 is 27.3 Å². The first-order valence-corrected chi connectivity index (χ1v) is 21.2. The summed E-state index contributed by atoms with van der Waals surface area (Å²) in [5.74, 6) is 0. The molecule has 10 aromatic rings. The van der Waals surface area contributed by atoms with Crippen molar-refractivity contribution in [2.45, 2.75) is 5.41 Å². The first kappa shape index (κ1) is 32.4. The zero-order chi connectivity index (χ0) is 38.0. The van der Waals surface area contributed by atoms with E-state index in [2.05, 4.69) is 200 Å². The van der Waals surface area contributed by atoms with Crippen LogP contribution in [0.15, 0.2) is 200 Å². The van der Waals surface area contributed by atoms with Gasteiger partial charge in [-0.2, -0.15) is 0 Å². The Hall–Kier alpha value is -6.67. The highest BCUT2D eigenvalue weighted by molar-refractivity contribution is 7.26. The topological polar surface area (TPSA) is 0 Å². The second-order valence-corrected chi connectivity index (χ2v) is 17.4. The van der Waals surface area contributed by atoms with E-state index in [0.29, 0.717) is 0 Å². The number of benzene rings is 9. The lowest BCUT2D eigenvalue weighted by molar-refractivity contribution is 0.794. The normalized spacial score (nSPS) is 13.4. The second-order valence-electron chi connectivity index (χ2n) is 16.3. The monoisotopic (exact) mass is 748 g/mol. The van der Waals surface area contributed by atoms with Crippen LogP contribution in [0.4, 0.5) is 0 Å². The first-order valence-electron chi connectivity index (χ1n) is 20.4. The van der Waals surface area contributed by atoms with Crippen LogP contribution in [-0.2, 0) is 5.41 Å². The van der Waals surface area contributed by atoms with Gasteiger partial charge in [-0.05, 0) is 85.0 Å². The smallest absolute Gasteiger partial charge is 0.135 e. The number of hydrogen-bond acceptors (Lipinski definition) is 1. The molecule has 1 aromatic heterocycles. The standard InChI is InChI=1S/C55H34B2S/c1-6-16-47-39(11-1)40-12-2-7-17-48(40)55(47)49-18-8-3-13-41(49)42-28-23-35(31-50(42)55)34-21-24-36(25-22-34)57(37-26-29-44-43-14-4-9-19-51(43)56-52(44)32-37)38-27-30-46-45-15-5-10-20-53(45)58-54(46)33-38/h1-33,56H. The van der Waals surface area contributed by atoms with Crippen LogP contribution in [0.5, 0.6) is 0 Å². The third-order valence-corrected chi connectivity index (χ3v) is 14.6. The SMILES string of the molecule is B1c2ccccc2-c2ccc(B(c3ccc(-c4ccc5c(c4)C4(c6ccccc6-c6ccccc64)c4ccccc4-5)cc3)c3ccc4c(c3)sc3ccccc34)cc21. The molecule has 9 aromatic carbocycles. The van der Waals surface area contributed by atoms with Gasteiger partial charge in [0.2, 0.25) is 6.71 Å². The van der Waals surface area contributed by atoms with E-state index in [-0.39, 0.29) is 12.1 Å². The molecule has 0 nitrogen and oxygen atoms in total. The van der Waals surface area contributed by atoms with Gasteiger partial charge in [0.05, 0.1) is 5.41 Å². The molecule has 0 radical (unpaired) electrons. The Kier molecular flexibility index (Phi) is 6.80. The molecule has 0 saturated carbocycles. The molecule has 0 amide bonds. The summed E-state index contributed by atoms with van der Waals surface area (Å²) in [6, 6.07) is 76.0. The van der Waals surface area contributed by atoms with E-state index < -0.39 is 0 Å². The van der Waals surface area contributed by atoms with Gasteiger partial charge in [0, 0.05) is 20.2 Å². The molecule has 3 aliphatic rings. The Balaban J connectivity index is 0.950. The van der Waals surface area contributed by atoms with Gasteiger partial charge in [-0.1, -0.05) is 209 Å². The third kappa shape index (κ3) is 4.43. The van der Waals surface area contributed by atoms with Gasteiger partial charge in [0.15, 0.2) is 7.28 Å². The molecular weight excluding hydrogens is 714 g/mol. The number of hydrogen-bond donors (Lipinski definition) is 0. The largest absolute Gasteiger partial charge is 0.241 e. The summed E-state index contributed by atoms with van der Waals surface area (Å²) in [6.45, 7) is 0.0990. The zero-order valence-corrected chi connectivity index (χ0v) is 32.6. The van der Waals surface area contributed by atoms with Crippen LogP contribution >= 0.6 is 11.3 Å². The molecule has 0 unspecified atom stereocenters. The predicted octanol–water partition coefficient (Wildman–Crippen LogP) is 9.95. The van der Waals surface area contributed by atoms with E-state index in [1.165, 1.54) is 114 Å². The van der Waals surface area contributed by atoms with Crippen LogP contribution in [0.2, 0.25) is 0 Å². The Morgan fingerprint density at radius 1 is 0.345 bits per heavy atom. The van der Waals surface area contributed by atoms with E-state index >= 15 is 0 Å². The number of thiophene rings is 1. The summed E-state index contributed by atoms with van der Waals surface area (Å²) in [7, 11) is 0.985. The van der Waals surface area contributed by atoms with Gasteiger partial charge < -0.3 is 0 Å². The quantitative estimate of drug-likeness (QED) is 0.157. The van der Waals surface area contributed by atoms with Crippen molar-refractivity contribution >= 4 is 72.8 Å². The molecule has 1 spiro atoms. The highest BCUT2D eigenvalue weighted by atomic mass is 32.1. The van der Waals surface area contributed by atoms with Crippen LogP contribution in [0.1, 0.15) is 22.3 Å². The molecule has 0 bridgehead atoms. The molecule has 13 rings (SSSR count). The van der Waals surface area contributed by atoms with E-state index in [4.69, 9.17) is 0 Å². The fourth-order valence-electron chi connectivity index (χ4n) is 11.0. The second kappa shape index (κ2) is 12.2. The van der Waals surface area contributed by atoms with Crippen molar-refractivity contribution in [1.29, 1.82) is 0 Å². The van der Waals surface area contributed by atoms with Crippen LogP contribution in [0.3, 0.4) is 0 Å². The average molecular weight is 749 g/mol. The summed E-state index contributed by atoms with van der Waals surface area (Å²) in [5, 5.41) is 2.68. The molecule has 2 heterocycles. The van der Waals surface area contributed by atoms with Crippen molar-refractivity contribution in [3.63, 3.8) is 0 Å². The van der Waals surface area contributed by atoms with Gasteiger partial charge in [0.25, 0.3) is 0 Å².